The highest BCUT2D eigenvalue weighted by molar-refractivity contribution is 5.85. The van der Waals surface area contributed by atoms with E-state index in [1.807, 2.05) is 6.34 Å². The average Bonchev–Trinajstić information content (AvgIpc) is 2.91. The molecule has 0 amide bonds. The van der Waals surface area contributed by atoms with Crippen LogP contribution in [0.2, 0.25) is 0 Å². The molecule has 98 valence electrons. The van der Waals surface area contributed by atoms with Gasteiger partial charge in [0.2, 0.25) is 6.34 Å². The SMILES string of the molecule is C[N+]1=CNc2ccccc2C1c1c[nH]c2ccccc12. The van der Waals surface area contributed by atoms with E-state index in [1.165, 1.54) is 27.7 Å². The van der Waals surface area contributed by atoms with Crippen molar-refractivity contribution >= 4 is 22.9 Å². The van der Waals surface area contributed by atoms with E-state index >= 15 is 0 Å². The van der Waals surface area contributed by atoms with Crippen molar-refractivity contribution < 1.29 is 4.58 Å². The molecule has 0 saturated heterocycles. The van der Waals surface area contributed by atoms with E-state index in [4.69, 9.17) is 0 Å². The van der Waals surface area contributed by atoms with Gasteiger partial charge in [-0.1, -0.05) is 36.4 Å². The van der Waals surface area contributed by atoms with Gasteiger partial charge in [0.15, 0.2) is 6.04 Å². The normalized spacial score (nSPS) is 17.4. The Kier molecular flexibility index (Phi) is 2.39. The predicted octanol–water partition coefficient (Wildman–Crippen LogP) is 3.35. The Hall–Kier alpha value is -2.55. The summed E-state index contributed by atoms with van der Waals surface area (Å²) in [6.45, 7) is 0. The molecule has 0 saturated carbocycles. The molecule has 1 atom stereocenters. The highest BCUT2D eigenvalue weighted by atomic mass is 15.1. The van der Waals surface area contributed by atoms with Crippen LogP contribution in [0.25, 0.3) is 10.9 Å². The van der Waals surface area contributed by atoms with Crippen LogP contribution < -0.4 is 5.32 Å². The van der Waals surface area contributed by atoms with Crippen molar-refractivity contribution in [3.63, 3.8) is 0 Å². The third kappa shape index (κ3) is 1.56. The van der Waals surface area contributed by atoms with Gasteiger partial charge in [-0.3, -0.25) is 4.58 Å². The highest BCUT2D eigenvalue weighted by Gasteiger charge is 2.28. The first-order valence-electron chi connectivity index (χ1n) is 6.81. The number of hydrogen-bond acceptors (Lipinski definition) is 1. The van der Waals surface area contributed by atoms with Crippen LogP contribution in [0, 0.1) is 0 Å². The van der Waals surface area contributed by atoms with E-state index < -0.39 is 0 Å². The molecule has 3 aromatic rings. The van der Waals surface area contributed by atoms with Crippen LogP contribution in [0.3, 0.4) is 0 Å². The van der Waals surface area contributed by atoms with E-state index in [-0.39, 0.29) is 6.04 Å². The van der Waals surface area contributed by atoms with Gasteiger partial charge >= 0.3 is 0 Å². The Morgan fingerprint density at radius 2 is 1.75 bits per heavy atom. The van der Waals surface area contributed by atoms with Crippen molar-refractivity contribution in [1.29, 1.82) is 0 Å². The second kappa shape index (κ2) is 4.23. The molecular formula is C17H16N3+. The Bertz CT molecular complexity index is 814. The molecule has 0 radical (unpaired) electrons. The Morgan fingerprint density at radius 3 is 2.70 bits per heavy atom. The second-order valence-electron chi connectivity index (χ2n) is 5.22. The van der Waals surface area contributed by atoms with Gasteiger partial charge < -0.3 is 4.98 Å². The van der Waals surface area contributed by atoms with Crippen molar-refractivity contribution in [2.45, 2.75) is 6.04 Å². The fourth-order valence-corrected chi connectivity index (χ4v) is 3.04. The van der Waals surface area contributed by atoms with E-state index in [9.17, 15) is 0 Å². The van der Waals surface area contributed by atoms with Crippen LogP contribution >= 0.6 is 0 Å². The van der Waals surface area contributed by atoms with Gasteiger partial charge in [-0.05, 0) is 12.1 Å². The van der Waals surface area contributed by atoms with Crippen LogP contribution in [0.5, 0.6) is 0 Å². The Morgan fingerprint density at radius 1 is 0.950 bits per heavy atom. The topological polar surface area (TPSA) is 30.8 Å². The lowest BCUT2D eigenvalue weighted by Gasteiger charge is -2.21. The highest BCUT2D eigenvalue weighted by Crippen LogP contribution is 2.35. The number of nitrogens with zero attached hydrogens (tertiary/aromatic N) is 1. The maximum absolute atomic E-state index is 3.38. The number of para-hydroxylation sites is 2. The minimum atomic E-state index is 0.239. The average molecular weight is 262 g/mol. The Balaban J connectivity index is 1.96. The van der Waals surface area contributed by atoms with Gasteiger partial charge in [-0.15, -0.1) is 0 Å². The fourth-order valence-electron chi connectivity index (χ4n) is 3.04. The van der Waals surface area contributed by atoms with Crippen molar-refractivity contribution in [3.05, 3.63) is 65.9 Å². The third-order valence-electron chi connectivity index (χ3n) is 4.00. The molecule has 1 aromatic heterocycles. The minimum Gasteiger partial charge on any atom is -0.361 e. The first-order chi connectivity index (χ1) is 9.84. The monoisotopic (exact) mass is 262 g/mol. The van der Waals surface area contributed by atoms with Crippen molar-refractivity contribution in [3.8, 4) is 0 Å². The molecule has 2 N–H and O–H groups in total. The largest absolute Gasteiger partial charge is 0.361 e. The summed E-state index contributed by atoms with van der Waals surface area (Å²) >= 11 is 0. The van der Waals surface area contributed by atoms with E-state index in [0.29, 0.717) is 0 Å². The number of fused-ring (bicyclic) bond motifs is 2. The summed E-state index contributed by atoms with van der Waals surface area (Å²) in [4.78, 5) is 3.38. The van der Waals surface area contributed by atoms with Crippen LogP contribution in [0.4, 0.5) is 5.69 Å². The zero-order chi connectivity index (χ0) is 13.5. The number of nitrogens with one attached hydrogen (secondary N) is 2. The lowest BCUT2D eigenvalue weighted by Crippen LogP contribution is -2.25. The summed E-state index contributed by atoms with van der Waals surface area (Å²) in [6.07, 6.45) is 4.16. The minimum absolute atomic E-state index is 0.239. The molecule has 1 aliphatic rings. The summed E-state index contributed by atoms with van der Waals surface area (Å²) < 4.78 is 2.22. The summed E-state index contributed by atoms with van der Waals surface area (Å²) in [6, 6.07) is 17.2. The van der Waals surface area contributed by atoms with Gasteiger partial charge in [0, 0.05) is 28.2 Å². The number of aromatic nitrogens is 1. The number of aromatic amines is 1. The molecule has 0 aliphatic carbocycles. The van der Waals surface area contributed by atoms with Crippen LogP contribution in [-0.4, -0.2) is 22.9 Å². The maximum atomic E-state index is 3.38. The second-order valence-corrected chi connectivity index (χ2v) is 5.22. The summed E-state index contributed by atoms with van der Waals surface area (Å²) in [5.74, 6) is 0. The number of H-pyrrole nitrogens is 1. The third-order valence-corrected chi connectivity index (χ3v) is 4.00. The molecule has 0 bridgehead atoms. The van der Waals surface area contributed by atoms with Crippen LogP contribution in [-0.2, 0) is 0 Å². The number of rotatable bonds is 1. The van der Waals surface area contributed by atoms with Gasteiger partial charge in [0.05, 0.1) is 7.05 Å². The molecule has 2 heterocycles. The molecule has 3 heteroatoms. The quantitative estimate of drug-likeness (QED) is 0.647. The van der Waals surface area contributed by atoms with E-state index in [1.54, 1.807) is 0 Å². The molecule has 2 aromatic carbocycles. The summed E-state index contributed by atoms with van der Waals surface area (Å²) in [7, 11) is 2.11. The van der Waals surface area contributed by atoms with Gasteiger partial charge in [0.25, 0.3) is 0 Å². The summed E-state index contributed by atoms with van der Waals surface area (Å²) in [5.41, 5.74) is 4.99. The van der Waals surface area contributed by atoms with Crippen molar-refractivity contribution in [1.82, 2.24) is 4.98 Å². The van der Waals surface area contributed by atoms with Crippen LogP contribution in [0.1, 0.15) is 17.2 Å². The van der Waals surface area contributed by atoms with Gasteiger partial charge in [-0.2, -0.15) is 0 Å². The molecule has 4 rings (SSSR count). The number of anilines is 1. The van der Waals surface area contributed by atoms with Gasteiger partial charge in [0.1, 0.15) is 5.69 Å². The lowest BCUT2D eigenvalue weighted by molar-refractivity contribution is -0.530. The first kappa shape index (κ1) is 11.3. The van der Waals surface area contributed by atoms with Crippen molar-refractivity contribution in [2.75, 3.05) is 12.4 Å². The zero-order valence-corrected chi connectivity index (χ0v) is 11.3. The first-order valence-corrected chi connectivity index (χ1v) is 6.81. The number of benzene rings is 2. The standard InChI is InChI=1S/C17H15N3/c1-20-11-19-16-9-5-3-7-13(16)17(20)14-10-18-15-8-4-2-6-12(14)15/h2-11,17-18H,1H3/p+1. The lowest BCUT2D eigenvalue weighted by atomic mass is 9.95. The smallest absolute Gasteiger partial charge is 0.237 e. The summed E-state index contributed by atoms with van der Waals surface area (Å²) in [5, 5.41) is 4.63. The number of hydrogen-bond donors (Lipinski definition) is 2. The zero-order valence-electron chi connectivity index (χ0n) is 11.3. The molecule has 3 nitrogen and oxygen atoms in total. The predicted molar refractivity (Wildman–Crippen MR) is 82.5 cm³/mol. The fraction of sp³-hybridized carbons (Fsp3) is 0.118. The Labute approximate surface area is 117 Å². The van der Waals surface area contributed by atoms with E-state index in [0.717, 1.165) is 0 Å². The van der Waals surface area contributed by atoms with Crippen LogP contribution in [0.15, 0.2) is 54.7 Å². The molecule has 1 unspecified atom stereocenters. The molecule has 0 fully saturated rings. The molecule has 20 heavy (non-hydrogen) atoms. The molecule has 0 spiro atoms. The molecule has 1 aliphatic heterocycles. The maximum Gasteiger partial charge on any atom is 0.237 e. The molecular weight excluding hydrogens is 246 g/mol. The van der Waals surface area contributed by atoms with E-state index in [2.05, 4.69) is 76.7 Å². The van der Waals surface area contributed by atoms with Gasteiger partial charge in [-0.25, -0.2) is 5.32 Å². The van der Waals surface area contributed by atoms with Crippen molar-refractivity contribution in [2.24, 2.45) is 0 Å².